The third kappa shape index (κ3) is 4.36. The highest BCUT2D eigenvalue weighted by Gasteiger charge is 2.11. The number of nitrogens with one attached hydrogen (secondary N) is 1. The first-order valence-corrected chi connectivity index (χ1v) is 7.73. The highest BCUT2D eigenvalue weighted by molar-refractivity contribution is 9.10. The predicted octanol–water partition coefficient (Wildman–Crippen LogP) is 3.92. The van der Waals surface area contributed by atoms with E-state index in [-0.39, 0.29) is 0 Å². The standard InChI is InChI=1S/C17H20BrNO/c1-2-19-15(11-13-7-9-16(20)10-8-13)12-14-5-3-4-6-17(14)18/h3-10,15,19-20H,2,11-12H2,1H3. The van der Waals surface area contributed by atoms with Gasteiger partial charge >= 0.3 is 0 Å². The van der Waals surface area contributed by atoms with Gasteiger partial charge in [-0.3, -0.25) is 0 Å². The van der Waals surface area contributed by atoms with Crippen molar-refractivity contribution < 1.29 is 5.11 Å². The molecule has 1 unspecified atom stereocenters. The fraction of sp³-hybridized carbons (Fsp3) is 0.294. The van der Waals surface area contributed by atoms with Crippen LogP contribution in [0.3, 0.4) is 0 Å². The first-order chi connectivity index (χ1) is 9.69. The normalized spacial score (nSPS) is 12.3. The zero-order valence-electron chi connectivity index (χ0n) is 11.6. The van der Waals surface area contributed by atoms with Crippen LogP contribution in [0.1, 0.15) is 18.1 Å². The van der Waals surface area contributed by atoms with E-state index in [0.29, 0.717) is 11.8 Å². The van der Waals surface area contributed by atoms with Crippen LogP contribution in [0.2, 0.25) is 0 Å². The van der Waals surface area contributed by atoms with Crippen LogP contribution in [0.4, 0.5) is 0 Å². The minimum Gasteiger partial charge on any atom is -0.508 e. The Morgan fingerprint density at radius 1 is 1.05 bits per heavy atom. The summed E-state index contributed by atoms with van der Waals surface area (Å²) < 4.78 is 1.16. The van der Waals surface area contributed by atoms with Gasteiger partial charge in [0.15, 0.2) is 0 Å². The van der Waals surface area contributed by atoms with Crippen molar-refractivity contribution in [3.05, 3.63) is 64.1 Å². The highest BCUT2D eigenvalue weighted by atomic mass is 79.9. The van der Waals surface area contributed by atoms with Gasteiger partial charge in [0, 0.05) is 10.5 Å². The van der Waals surface area contributed by atoms with Crippen LogP contribution < -0.4 is 5.32 Å². The van der Waals surface area contributed by atoms with E-state index in [2.05, 4.69) is 46.4 Å². The molecule has 20 heavy (non-hydrogen) atoms. The Kier molecular flexibility index (Phi) is 5.62. The van der Waals surface area contributed by atoms with Crippen molar-refractivity contribution in [2.24, 2.45) is 0 Å². The Morgan fingerprint density at radius 3 is 2.40 bits per heavy atom. The van der Waals surface area contributed by atoms with Gasteiger partial charge in [-0.1, -0.05) is 53.2 Å². The van der Waals surface area contributed by atoms with Crippen molar-refractivity contribution in [1.29, 1.82) is 0 Å². The molecule has 106 valence electrons. The fourth-order valence-corrected chi connectivity index (χ4v) is 2.80. The lowest BCUT2D eigenvalue weighted by Gasteiger charge is -2.19. The molecule has 0 bridgehead atoms. The van der Waals surface area contributed by atoms with Gasteiger partial charge in [0.2, 0.25) is 0 Å². The number of halogens is 1. The van der Waals surface area contributed by atoms with Gasteiger partial charge in [0.1, 0.15) is 5.75 Å². The zero-order valence-corrected chi connectivity index (χ0v) is 13.2. The van der Waals surface area contributed by atoms with Crippen LogP contribution in [-0.2, 0) is 12.8 Å². The Hall–Kier alpha value is -1.32. The van der Waals surface area contributed by atoms with Crippen molar-refractivity contribution in [3.8, 4) is 5.75 Å². The van der Waals surface area contributed by atoms with Gasteiger partial charge in [-0.15, -0.1) is 0 Å². The molecule has 0 radical (unpaired) electrons. The van der Waals surface area contributed by atoms with Gasteiger partial charge in [0.05, 0.1) is 0 Å². The molecule has 2 aromatic rings. The molecule has 2 nitrogen and oxygen atoms in total. The second-order valence-electron chi connectivity index (χ2n) is 4.92. The summed E-state index contributed by atoms with van der Waals surface area (Å²) in [4.78, 5) is 0. The third-order valence-electron chi connectivity index (χ3n) is 3.34. The third-order valence-corrected chi connectivity index (χ3v) is 4.11. The molecule has 0 fully saturated rings. The molecule has 0 heterocycles. The number of likely N-dealkylation sites (N-methyl/N-ethyl adjacent to an activating group) is 1. The molecule has 0 aromatic heterocycles. The van der Waals surface area contributed by atoms with E-state index < -0.39 is 0 Å². The smallest absolute Gasteiger partial charge is 0.115 e. The number of rotatable bonds is 6. The Balaban J connectivity index is 2.07. The van der Waals surface area contributed by atoms with Crippen molar-refractivity contribution in [1.82, 2.24) is 5.32 Å². The number of hydrogen-bond donors (Lipinski definition) is 2. The minimum absolute atomic E-state index is 0.319. The van der Waals surface area contributed by atoms with Crippen molar-refractivity contribution in [3.63, 3.8) is 0 Å². The summed E-state index contributed by atoms with van der Waals surface area (Å²) in [6, 6.07) is 16.2. The average Bonchev–Trinajstić information content (AvgIpc) is 2.44. The summed E-state index contributed by atoms with van der Waals surface area (Å²) >= 11 is 3.61. The zero-order chi connectivity index (χ0) is 14.4. The number of benzene rings is 2. The van der Waals surface area contributed by atoms with Crippen LogP contribution >= 0.6 is 15.9 Å². The summed E-state index contributed by atoms with van der Waals surface area (Å²) in [5.74, 6) is 0.319. The molecular formula is C17H20BrNO. The Morgan fingerprint density at radius 2 is 1.75 bits per heavy atom. The summed E-state index contributed by atoms with van der Waals surface area (Å²) in [5, 5.41) is 12.9. The van der Waals surface area contributed by atoms with Crippen LogP contribution in [-0.4, -0.2) is 17.7 Å². The maximum absolute atomic E-state index is 9.34. The minimum atomic E-state index is 0.319. The van der Waals surface area contributed by atoms with Crippen molar-refractivity contribution in [2.45, 2.75) is 25.8 Å². The highest BCUT2D eigenvalue weighted by Crippen LogP contribution is 2.19. The quantitative estimate of drug-likeness (QED) is 0.839. The second-order valence-corrected chi connectivity index (χ2v) is 5.78. The Labute approximate surface area is 129 Å². The van der Waals surface area contributed by atoms with Crippen molar-refractivity contribution in [2.75, 3.05) is 6.54 Å². The average molecular weight is 334 g/mol. The molecule has 0 saturated carbocycles. The lowest BCUT2D eigenvalue weighted by atomic mass is 9.99. The topological polar surface area (TPSA) is 32.3 Å². The summed E-state index contributed by atoms with van der Waals surface area (Å²) in [6.07, 6.45) is 1.94. The van der Waals surface area contributed by atoms with Crippen LogP contribution in [0.15, 0.2) is 53.0 Å². The van der Waals surface area contributed by atoms with Crippen LogP contribution in [0, 0.1) is 0 Å². The molecule has 0 aliphatic carbocycles. The van der Waals surface area contributed by atoms with Gasteiger partial charge in [-0.25, -0.2) is 0 Å². The molecule has 0 aliphatic rings. The van der Waals surface area contributed by atoms with Crippen LogP contribution in [0.25, 0.3) is 0 Å². The lowest BCUT2D eigenvalue weighted by Crippen LogP contribution is -2.33. The molecule has 0 aliphatic heterocycles. The number of phenolic OH excluding ortho intramolecular Hbond substituents is 1. The van der Waals surface area contributed by atoms with E-state index in [4.69, 9.17) is 0 Å². The van der Waals surface area contributed by atoms with E-state index in [9.17, 15) is 5.11 Å². The van der Waals surface area contributed by atoms with E-state index in [0.717, 1.165) is 23.9 Å². The molecule has 2 rings (SSSR count). The van der Waals surface area contributed by atoms with E-state index in [1.54, 1.807) is 12.1 Å². The number of aromatic hydroxyl groups is 1. The monoisotopic (exact) mass is 333 g/mol. The van der Waals surface area contributed by atoms with Crippen molar-refractivity contribution >= 4 is 15.9 Å². The molecular weight excluding hydrogens is 314 g/mol. The second kappa shape index (κ2) is 7.46. The van der Waals surface area contributed by atoms with Gasteiger partial charge < -0.3 is 10.4 Å². The van der Waals surface area contributed by atoms with Crippen LogP contribution in [0.5, 0.6) is 5.75 Å². The van der Waals surface area contributed by atoms with Gasteiger partial charge in [-0.2, -0.15) is 0 Å². The van der Waals surface area contributed by atoms with Gasteiger partial charge in [-0.05, 0) is 48.7 Å². The first-order valence-electron chi connectivity index (χ1n) is 6.93. The number of phenols is 1. The van der Waals surface area contributed by atoms with E-state index in [1.165, 1.54) is 11.1 Å². The predicted molar refractivity (Wildman–Crippen MR) is 87.1 cm³/mol. The summed E-state index contributed by atoms with van der Waals surface area (Å²) in [6.45, 7) is 3.08. The molecule has 0 spiro atoms. The largest absolute Gasteiger partial charge is 0.508 e. The Bertz CT molecular complexity index is 539. The maximum atomic E-state index is 9.34. The molecule has 3 heteroatoms. The molecule has 0 saturated heterocycles. The first kappa shape index (κ1) is 15.1. The summed E-state index contributed by atoms with van der Waals surface area (Å²) in [5.41, 5.74) is 2.55. The molecule has 0 amide bonds. The SMILES string of the molecule is CCNC(Cc1ccc(O)cc1)Cc1ccccc1Br. The van der Waals surface area contributed by atoms with Gasteiger partial charge in [0.25, 0.3) is 0 Å². The molecule has 2 N–H and O–H groups in total. The van der Waals surface area contributed by atoms with E-state index >= 15 is 0 Å². The lowest BCUT2D eigenvalue weighted by molar-refractivity contribution is 0.474. The molecule has 1 atom stereocenters. The molecule has 2 aromatic carbocycles. The summed E-state index contributed by atoms with van der Waals surface area (Å²) in [7, 11) is 0. The number of hydrogen-bond acceptors (Lipinski definition) is 2. The van der Waals surface area contributed by atoms with E-state index in [1.807, 2.05) is 18.2 Å². The maximum Gasteiger partial charge on any atom is 0.115 e. The fourth-order valence-electron chi connectivity index (χ4n) is 2.35.